The lowest BCUT2D eigenvalue weighted by molar-refractivity contribution is 0.404. The summed E-state index contributed by atoms with van der Waals surface area (Å²) in [6.45, 7) is 1.93. The third-order valence-electron chi connectivity index (χ3n) is 4.09. The van der Waals surface area contributed by atoms with Gasteiger partial charge < -0.3 is 21.5 Å². The monoisotopic (exact) mass is 299 g/mol. The van der Waals surface area contributed by atoms with Crippen molar-refractivity contribution in [3.05, 3.63) is 64.6 Å². The molecular formula is C17H18FN3O. The summed E-state index contributed by atoms with van der Waals surface area (Å²) in [5, 5.41) is 3.05. The predicted octanol–water partition coefficient (Wildman–Crippen LogP) is 2.46. The van der Waals surface area contributed by atoms with E-state index in [-0.39, 0.29) is 0 Å². The van der Waals surface area contributed by atoms with Crippen molar-refractivity contribution in [1.29, 1.82) is 0 Å². The Morgan fingerprint density at radius 3 is 2.59 bits per heavy atom. The van der Waals surface area contributed by atoms with E-state index in [1.165, 1.54) is 13.2 Å². The van der Waals surface area contributed by atoms with Gasteiger partial charge in [-0.3, -0.25) is 0 Å². The molecule has 5 heteroatoms. The molecular weight excluding hydrogens is 281 g/mol. The molecule has 0 saturated heterocycles. The van der Waals surface area contributed by atoms with Crippen LogP contribution >= 0.6 is 0 Å². The van der Waals surface area contributed by atoms with E-state index in [1.807, 2.05) is 25.1 Å². The van der Waals surface area contributed by atoms with Gasteiger partial charge in [0.25, 0.3) is 0 Å². The lowest BCUT2D eigenvalue weighted by Gasteiger charge is -2.36. The fraction of sp³-hybridized carbons (Fsp3) is 0.176. The van der Waals surface area contributed by atoms with Gasteiger partial charge in [-0.05, 0) is 36.9 Å². The van der Waals surface area contributed by atoms with Crippen molar-refractivity contribution in [2.45, 2.75) is 12.6 Å². The van der Waals surface area contributed by atoms with Gasteiger partial charge in [-0.1, -0.05) is 12.1 Å². The maximum Gasteiger partial charge on any atom is 0.142 e. The molecule has 1 unspecified atom stereocenters. The quantitative estimate of drug-likeness (QED) is 0.745. The number of rotatable bonds is 2. The molecule has 1 heterocycles. The van der Waals surface area contributed by atoms with Crippen LogP contribution in [0.2, 0.25) is 0 Å². The fourth-order valence-electron chi connectivity index (χ4n) is 2.77. The summed E-state index contributed by atoms with van der Waals surface area (Å²) in [5.41, 5.74) is 15.0. The Morgan fingerprint density at radius 1 is 1.18 bits per heavy atom. The van der Waals surface area contributed by atoms with Crippen LogP contribution < -0.4 is 21.5 Å². The summed E-state index contributed by atoms with van der Waals surface area (Å²) in [6.07, 6.45) is 3.55. The molecule has 0 aliphatic carbocycles. The molecule has 3 rings (SSSR count). The Balaban J connectivity index is 2.20. The number of aryl methyl sites for hydroxylation is 1. The first-order chi connectivity index (χ1) is 10.5. The number of hydrogen-bond acceptors (Lipinski definition) is 4. The molecule has 1 aliphatic rings. The third kappa shape index (κ3) is 2.02. The van der Waals surface area contributed by atoms with E-state index in [0.717, 1.165) is 16.7 Å². The highest BCUT2D eigenvalue weighted by atomic mass is 19.1. The van der Waals surface area contributed by atoms with E-state index in [4.69, 9.17) is 16.2 Å². The summed E-state index contributed by atoms with van der Waals surface area (Å²) in [6, 6.07) is 8.39. The van der Waals surface area contributed by atoms with Gasteiger partial charge in [-0.25, -0.2) is 4.39 Å². The second kappa shape index (κ2) is 5.03. The summed E-state index contributed by atoms with van der Waals surface area (Å²) in [4.78, 5) is 0. The van der Waals surface area contributed by atoms with Crippen LogP contribution in [0, 0.1) is 12.7 Å². The maximum absolute atomic E-state index is 14.5. The third-order valence-corrected chi connectivity index (χ3v) is 4.09. The first-order valence-electron chi connectivity index (χ1n) is 6.94. The average Bonchev–Trinajstić information content (AvgIpc) is 2.51. The van der Waals surface area contributed by atoms with Crippen molar-refractivity contribution in [3.8, 4) is 5.75 Å². The second-order valence-corrected chi connectivity index (χ2v) is 5.39. The van der Waals surface area contributed by atoms with Crippen LogP contribution in [0.15, 0.2) is 36.5 Å². The molecule has 0 fully saturated rings. The highest BCUT2D eigenvalue weighted by Crippen LogP contribution is 2.36. The minimum absolute atomic E-state index is 0.335. The van der Waals surface area contributed by atoms with Crippen LogP contribution in [0.1, 0.15) is 22.3 Å². The van der Waals surface area contributed by atoms with Crippen LogP contribution in [0.4, 0.5) is 10.1 Å². The fourth-order valence-corrected chi connectivity index (χ4v) is 2.77. The summed E-state index contributed by atoms with van der Waals surface area (Å²) in [7, 11) is 1.49. The molecule has 4 nitrogen and oxygen atoms in total. The predicted molar refractivity (Wildman–Crippen MR) is 85.7 cm³/mol. The number of anilines is 1. The zero-order valence-electron chi connectivity index (χ0n) is 12.5. The Kier molecular flexibility index (Phi) is 3.30. The Morgan fingerprint density at radius 2 is 1.91 bits per heavy atom. The van der Waals surface area contributed by atoms with Gasteiger partial charge in [-0.2, -0.15) is 0 Å². The number of methoxy groups -OCH3 is 1. The molecule has 5 N–H and O–H groups in total. The van der Waals surface area contributed by atoms with Crippen LogP contribution in [0.3, 0.4) is 0 Å². The smallest absolute Gasteiger partial charge is 0.142 e. The van der Waals surface area contributed by atoms with E-state index >= 15 is 0 Å². The van der Waals surface area contributed by atoms with Crippen molar-refractivity contribution < 1.29 is 9.13 Å². The molecule has 0 spiro atoms. The number of nitrogen functional groups attached to an aromatic ring is 1. The van der Waals surface area contributed by atoms with Gasteiger partial charge in [-0.15, -0.1) is 0 Å². The summed E-state index contributed by atoms with van der Waals surface area (Å²) in [5.74, 6) is 0.00888. The molecule has 1 aliphatic heterocycles. The van der Waals surface area contributed by atoms with E-state index < -0.39 is 11.5 Å². The second-order valence-electron chi connectivity index (χ2n) is 5.39. The lowest BCUT2D eigenvalue weighted by Crippen LogP contribution is -2.51. The minimum Gasteiger partial charge on any atom is -0.497 e. The maximum atomic E-state index is 14.5. The minimum atomic E-state index is -1.18. The van der Waals surface area contributed by atoms with Crippen LogP contribution in [0.5, 0.6) is 5.75 Å². The van der Waals surface area contributed by atoms with Gasteiger partial charge in [0, 0.05) is 28.4 Å². The van der Waals surface area contributed by atoms with Crippen molar-refractivity contribution >= 4 is 11.8 Å². The number of ether oxygens (including phenoxy) is 1. The highest BCUT2D eigenvalue weighted by Gasteiger charge is 2.35. The van der Waals surface area contributed by atoms with Crippen LogP contribution in [0.25, 0.3) is 6.08 Å². The van der Waals surface area contributed by atoms with Crippen molar-refractivity contribution in [3.63, 3.8) is 0 Å². The number of benzene rings is 2. The first kappa shape index (κ1) is 14.4. The molecule has 22 heavy (non-hydrogen) atoms. The number of fused-ring (bicyclic) bond motifs is 1. The Labute approximate surface area is 128 Å². The summed E-state index contributed by atoms with van der Waals surface area (Å²) < 4.78 is 19.5. The molecule has 0 aromatic heterocycles. The van der Waals surface area contributed by atoms with Gasteiger partial charge in [0.15, 0.2) is 0 Å². The molecule has 1 atom stereocenters. The van der Waals surface area contributed by atoms with Gasteiger partial charge in [0.05, 0.1) is 7.11 Å². The molecule has 0 saturated carbocycles. The number of hydrogen-bond donors (Lipinski definition) is 3. The first-order valence-corrected chi connectivity index (χ1v) is 6.94. The van der Waals surface area contributed by atoms with Crippen LogP contribution in [-0.4, -0.2) is 7.11 Å². The largest absolute Gasteiger partial charge is 0.497 e. The topological polar surface area (TPSA) is 73.3 Å². The lowest BCUT2D eigenvalue weighted by atomic mass is 9.84. The van der Waals surface area contributed by atoms with Crippen molar-refractivity contribution in [2.24, 2.45) is 5.73 Å². The number of halogens is 1. The molecule has 0 bridgehead atoms. The van der Waals surface area contributed by atoms with E-state index in [0.29, 0.717) is 17.0 Å². The highest BCUT2D eigenvalue weighted by molar-refractivity contribution is 5.74. The van der Waals surface area contributed by atoms with E-state index in [1.54, 1.807) is 18.3 Å². The number of nitrogens with two attached hydrogens (primary N) is 2. The van der Waals surface area contributed by atoms with Crippen molar-refractivity contribution in [2.75, 3.05) is 12.8 Å². The molecule has 2 aromatic carbocycles. The standard InChI is InChI=1S/C17H18FN3O/c1-10-3-5-13-12(16(10)19)7-8-21-17(13,20)14-6-4-11(22-2)9-15(14)18/h3-9,21H,19-20H2,1-2H3. The SMILES string of the molecule is COc1ccc(C2(N)NC=Cc3c2ccc(C)c3N)c(F)c1. The average molecular weight is 299 g/mol. The molecule has 2 aromatic rings. The van der Waals surface area contributed by atoms with E-state index in [9.17, 15) is 4.39 Å². The van der Waals surface area contributed by atoms with E-state index in [2.05, 4.69) is 5.32 Å². The van der Waals surface area contributed by atoms with Gasteiger partial charge in [0.1, 0.15) is 17.2 Å². The zero-order chi connectivity index (χ0) is 15.9. The molecule has 0 radical (unpaired) electrons. The van der Waals surface area contributed by atoms with Crippen molar-refractivity contribution in [1.82, 2.24) is 5.32 Å². The molecule has 0 amide bonds. The van der Waals surface area contributed by atoms with Gasteiger partial charge >= 0.3 is 0 Å². The zero-order valence-corrected chi connectivity index (χ0v) is 12.5. The molecule has 114 valence electrons. The Hall–Kier alpha value is -2.53. The van der Waals surface area contributed by atoms with Crippen LogP contribution in [-0.2, 0) is 5.66 Å². The summed E-state index contributed by atoms with van der Waals surface area (Å²) >= 11 is 0. The normalized spacial score (nSPS) is 19.5. The van der Waals surface area contributed by atoms with Gasteiger partial charge in [0.2, 0.25) is 0 Å². The Bertz CT molecular complexity index is 773. The number of nitrogens with one attached hydrogen (secondary N) is 1.